The summed E-state index contributed by atoms with van der Waals surface area (Å²) in [5.74, 6) is 0.861. The number of halogens is 1. The van der Waals surface area contributed by atoms with E-state index in [9.17, 15) is 8.42 Å². The first-order valence-corrected chi connectivity index (χ1v) is 8.97. The van der Waals surface area contributed by atoms with Gasteiger partial charge in [0.15, 0.2) is 0 Å². The molecule has 1 heterocycles. The second kappa shape index (κ2) is 5.41. The van der Waals surface area contributed by atoms with Crippen LogP contribution in [-0.2, 0) is 16.4 Å². The van der Waals surface area contributed by atoms with Crippen LogP contribution in [0.3, 0.4) is 0 Å². The zero-order chi connectivity index (χ0) is 16.0. The summed E-state index contributed by atoms with van der Waals surface area (Å²) in [5.41, 5.74) is 0.912. The second-order valence-corrected chi connectivity index (χ2v) is 8.62. The van der Waals surface area contributed by atoms with Crippen LogP contribution in [0.5, 0.6) is 0 Å². The maximum absolute atomic E-state index is 12.6. The molecule has 0 aliphatic heterocycles. The van der Waals surface area contributed by atoms with Crippen molar-refractivity contribution in [2.24, 2.45) is 5.41 Å². The molecule has 0 bridgehead atoms. The van der Waals surface area contributed by atoms with Gasteiger partial charge in [-0.15, -0.1) is 0 Å². The molecule has 1 aromatic carbocycles. The highest BCUT2D eigenvalue weighted by Crippen LogP contribution is 2.41. The Morgan fingerprint density at radius 3 is 2.59 bits per heavy atom. The first kappa shape index (κ1) is 15.6. The molecule has 6 heteroatoms. The van der Waals surface area contributed by atoms with Crippen LogP contribution < -0.4 is 4.72 Å². The molecule has 0 amide bonds. The fraction of sp³-hybridized carbons (Fsp3) is 0.375. The van der Waals surface area contributed by atoms with Crippen LogP contribution in [0.15, 0.2) is 45.9 Å². The summed E-state index contributed by atoms with van der Waals surface area (Å²) in [5, 5.41) is 0.509. The Hall–Kier alpha value is -1.30. The summed E-state index contributed by atoms with van der Waals surface area (Å²) in [4.78, 5) is 0.213. The zero-order valence-electron chi connectivity index (χ0n) is 12.5. The molecule has 2 aromatic rings. The van der Waals surface area contributed by atoms with Crippen LogP contribution in [0.2, 0.25) is 5.02 Å². The molecule has 4 nitrogen and oxygen atoms in total. The normalized spacial score (nSPS) is 20.6. The Labute approximate surface area is 135 Å². The van der Waals surface area contributed by atoms with Crippen molar-refractivity contribution in [3.05, 3.63) is 52.9 Å². The largest absolute Gasteiger partial charge is 0.469 e. The Balaban J connectivity index is 1.91. The third-order valence-corrected chi connectivity index (χ3v) is 5.71. The molecule has 1 unspecified atom stereocenters. The molecule has 0 spiro atoms. The Bertz CT molecular complexity index is 778. The van der Waals surface area contributed by atoms with Crippen molar-refractivity contribution in [3.8, 4) is 0 Å². The first-order valence-electron chi connectivity index (χ1n) is 7.11. The van der Waals surface area contributed by atoms with Crippen molar-refractivity contribution in [2.75, 3.05) is 0 Å². The van der Waals surface area contributed by atoms with Crippen LogP contribution in [0.25, 0.3) is 0 Å². The van der Waals surface area contributed by atoms with Crippen LogP contribution in [0, 0.1) is 5.41 Å². The Kier molecular flexibility index (Phi) is 3.83. The van der Waals surface area contributed by atoms with E-state index >= 15 is 0 Å². The van der Waals surface area contributed by atoms with E-state index in [0.29, 0.717) is 5.02 Å². The number of fused-ring (bicyclic) bond motifs is 1. The number of benzene rings is 1. The summed E-state index contributed by atoms with van der Waals surface area (Å²) < 4.78 is 33.4. The smallest absolute Gasteiger partial charge is 0.241 e. The van der Waals surface area contributed by atoms with Gasteiger partial charge in [0.1, 0.15) is 5.76 Å². The number of sulfonamides is 1. The van der Waals surface area contributed by atoms with E-state index in [2.05, 4.69) is 18.6 Å². The predicted molar refractivity (Wildman–Crippen MR) is 85.3 cm³/mol. The van der Waals surface area contributed by atoms with Gasteiger partial charge < -0.3 is 4.42 Å². The molecular formula is C16H18ClNO3S. The van der Waals surface area contributed by atoms with E-state index in [1.807, 2.05) is 6.07 Å². The van der Waals surface area contributed by atoms with E-state index in [1.165, 1.54) is 12.1 Å². The van der Waals surface area contributed by atoms with Gasteiger partial charge in [-0.3, -0.25) is 0 Å². The van der Waals surface area contributed by atoms with Gasteiger partial charge in [-0.2, -0.15) is 0 Å². The first-order chi connectivity index (χ1) is 10.3. The Morgan fingerprint density at radius 2 is 1.91 bits per heavy atom. The van der Waals surface area contributed by atoms with Gasteiger partial charge in [0, 0.05) is 17.0 Å². The molecule has 22 heavy (non-hydrogen) atoms. The van der Waals surface area contributed by atoms with Gasteiger partial charge in [0.2, 0.25) is 10.0 Å². The second-order valence-electron chi connectivity index (χ2n) is 6.47. The minimum absolute atomic E-state index is 0.0158. The lowest BCUT2D eigenvalue weighted by atomic mass is 9.75. The minimum Gasteiger partial charge on any atom is -0.469 e. The van der Waals surface area contributed by atoms with E-state index in [4.69, 9.17) is 16.0 Å². The summed E-state index contributed by atoms with van der Waals surface area (Å²) in [6.45, 7) is 4.23. The van der Waals surface area contributed by atoms with Crippen LogP contribution >= 0.6 is 11.6 Å². The van der Waals surface area contributed by atoms with Crippen LogP contribution in [0.4, 0.5) is 0 Å². The molecule has 1 atom stereocenters. The van der Waals surface area contributed by atoms with Crippen LogP contribution in [-0.4, -0.2) is 8.42 Å². The maximum atomic E-state index is 12.6. The molecule has 1 aliphatic rings. The van der Waals surface area contributed by atoms with Crippen molar-refractivity contribution < 1.29 is 12.8 Å². The predicted octanol–water partition coefficient (Wildman–Crippen LogP) is 3.93. The summed E-state index contributed by atoms with van der Waals surface area (Å²) in [6.07, 6.45) is 3.16. The quantitative estimate of drug-likeness (QED) is 0.921. The van der Waals surface area contributed by atoms with Crippen molar-refractivity contribution in [2.45, 2.75) is 37.6 Å². The Morgan fingerprint density at radius 1 is 1.23 bits per heavy atom. The average molecular weight is 340 g/mol. The van der Waals surface area contributed by atoms with Gasteiger partial charge >= 0.3 is 0 Å². The third-order valence-electron chi connectivity index (χ3n) is 3.97. The van der Waals surface area contributed by atoms with Crippen molar-refractivity contribution >= 4 is 21.6 Å². The number of nitrogens with one attached hydrogen (secondary N) is 1. The fourth-order valence-electron chi connectivity index (χ4n) is 2.95. The molecule has 0 radical (unpaired) electrons. The molecule has 1 aliphatic carbocycles. The SMILES string of the molecule is CC1(C)Cc2occc2C(NS(=O)(=O)c2ccc(Cl)cc2)C1. The van der Waals surface area contributed by atoms with Crippen molar-refractivity contribution in [1.82, 2.24) is 4.72 Å². The van der Waals surface area contributed by atoms with E-state index < -0.39 is 10.0 Å². The van der Waals surface area contributed by atoms with Gasteiger partial charge in [-0.1, -0.05) is 25.4 Å². The molecular weight excluding hydrogens is 322 g/mol. The molecule has 0 saturated heterocycles. The van der Waals surface area contributed by atoms with Crippen LogP contribution in [0.1, 0.15) is 37.6 Å². The van der Waals surface area contributed by atoms with E-state index in [0.717, 1.165) is 24.2 Å². The van der Waals surface area contributed by atoms with Crippen molar-refractivity contribution in [3.63, 3.8) is 0 Å². The van der Waals surface area contributed by atoms with Crippen molar-refractivity contribution in [1.29, 1.82) is 0 Å². The zero-order valence-corrected chi connectivity index (χ0v) is 14.0. The standard InChI is InChI=1S/C16H18ClNO3S/c1-16(2)9-14(13-7-8-21-15(13)10-16)18-22(19,20)12-5-3-11(17)4-6-12/h3-8,14,18H,9-10H2,1-2H3. The number of furan rings is 1. The maximum Gasteiger partial charge on any atom is 0.241 e. The van der Waals surface area contributed by atoms with Gasteiger partial charge in [-0.25, -0.2) is 13.1 Å². The summed E-state index contributed by atoms with van der Waals surface area (Å²) in [6, 6.07) is 7.73. The molecule has 1 N–H and O–H groups in total. The fourth-order valence-corrected chi connectivity index (χ4v) is 4.29. The topological polar surface area (TPSA) is 59.3 Å². The average Bonchev–Trinajstić information content (AvgIpc) is 2.85. The lowest BCUT2D eigenvalue weighted by molar-refractivity contribution is 0.248. The summed E-state index contributed by atoms with van der Waals surface area (Å²) >= 11 is 5.82. The lowest BCUT2D eigenvalue weighted by Gasteiger charge is -2.34. The highest BCUT2D eigenvalue weighted by atomic mass is 35.5. The van der Waals surface area contributed by atoms with Gasteiger partial charge in [0.25, 0.3) is 0 Å². The lowest BCUT2D eigenvalue weighted by Crippen LogP contribution is -2.36. The van der Waals surface area contributed by atoms with E-state index in [1.54, 1.807) is 18.4 Å². The van der Waals surface area contributed by atoms with E-state index in [-0.39, 0.29) is 16.4 Å². The van der Waals surface area contributed by atoms with Gasteiger partial charge in [0.05, 0.1) is 17.2 Å². The molecule has 118 valence electrons. The molecule has 1 aromatic heterocycles. The third kappa shape index (κ3) is 3.07. The monoisotopic (exact) mass is 339 g/mol. The molecule has 0 saturated carbocycles. The molecule has 0 fully saturated rings. The minimum atomic E-state index is -3.60. The summed E-state index contributed by atoms with van der Waals surface area (Å²) in [7, 11) is -3.60. The molecule has 3 rings (SSSR count). The van der Waals surface area contributed by atoms with Gasteiger partial charge in [-0.05, 0) is 42.2 Å². The number of hydrogen-bond donors (Lipinski definition) is 1. The highest BCUT2D eigenvalue weighted by Gasteiger charge is 2.36. The number of rotatable bonds is 3. The highest BCUT2D eigenvalue weighted by molar-refractivity contribution is 7.89. The number of hydrogen-bond acceptors (Lipinski definition) is 3.